The highest BCUT2D eigenvalue weighted by molar-refractivity contribution is 5.41. The lowest BCUT2D eigenvalue weighted by Crippen LogP contribution is -2.07. The predicted octanol–water partition coefficient (Wildman–Crippen LogP) is 0.767. The average Bonchev–Trinajstić information content (AvgIpc) is 2.99. The van der Waals surface area contributed by atoms with Gasteiger partial charge in [-0.1, -0.05) is 0 Å². The van der Waals surface area contributed by atoms with Crippen molar-refractivity contribution in [2.24, 2.45) is 11.7 Å². The molecule has 1 aliphatic rings. The van der Waals surface area contributed by atoms with Crippen LogP contribution in [0.4, 0.5) is 0 Å². The van der Waals surface area contributed by atoms with Crippen molar-refractivity contribution in [1.82, 2.24) is 14.6 Å². The van der Waals surface area contributed by atoms with Gasteiger partial charge in [0.05, 0.1) is 0 Å². The highest BCUT2D eigenvalue weighted by Crippen LogP contribution is 2.18. The predicted molar refractivity (Wildman–Crippen MR) is 63.5 cm³/mol. The van der Waals surface area contributed by atoms with Gasteiger partial charge in [0.1, 0.15) is 5.82 Å². The summed E-state index contributed by atoms with van der Waals surface area (Å²) in [5.41, 5.74) is 7.57. The molecule has 90 valence electrons. The van der Waals surface area contributed by atoms with Gasteiger partial charge >= 0.3 is 0 Å². The molecule has 1 atom stereocenters. The van der Waals surface area contributed by atoms with E-state index in [1.165, 1.54) is 0 Å². The lowest BCUT2D eigenvalue weighted by atomic mass is 10.1. The van der Waals surface area contributed by atoms with Gasteiger partial charge in [0, 0.05) is 32.4 Å². The Labute approximate surface area is 99.6 Å². The summed E-state index contributed by atoms with van der Waals surface area (Å²) in [4.78, 5) is 0. The summed E-state index contributed by atoms with van der Waals surface area (Å²) in [5.74, 6) is 1.59. The highest BCUT2D eigenvalue weighted by atomic mass is 16.5. The highest BCUT2D eigenvalue weighted by Gasteiger charge is 2.18. The summed E-state index contributed by atoms with van der Waals surface area (Å²) in [6, 6.07) is 4.01. The summed E-state index contributed by atoms with van der Waals surface area (Å²) >= 11 is 0. The lowest BCUT2D eigenvalue weighted by molar-refractivity contribution is 0.185. The standard InChI is InChI=1S/C12H16N4O/c13-7-9-1-3-16-11(5-9)14-15-12(16)6-10-2-4-17-8-10/h1,3,5,10H,2,4,6-8,13H2. The third-order valence-corrected chi connectivity index (χ3v) is 3.28. The molecule has 1 saturated heterocycles. The van der Waals surface area contributed by atoms with Crippen LogP contribution in [-0.4, -0.2) is 27.8 Å². The maximum atomic E-state index is 5.61. The molecule has 0 radical (unpaired) electrons. The molecule has 5 heteroatoms. The number of ether oxygens (including phenoxy) is 1. The number of aromatic nitrogens is 3. The monoisotopic (exact) mass is 232 g/mol. The minimum absolute atomic E-state index is 0.537. The van der Waals surface area contributed by atoms with E-state index in [0.29, 0.717) is 12.5 Å². The fraction of sp³-hybridized carbons (Fsp3) is 0.500. The van der Waals surface area contributed by atoms with Crippen molar-refractivity contribution in [2.45, 2.75) is 19.4 Å². The van der Waals surface area contributed by atoms with Crippen LogP contribution in [0, 0.1) is 5.92 Å². The number of nitrogens with zero attached hydrogens (tertiary/aromatic N) is 3. The van der Waals surface area contributed by atoms with Crippen molar-refractivity contribution < 1.29 is 4.74 Å². The van der Waals surface area contributed by atoms with Crippen LogP contribution in [0.3, 0.4) is 0 Å². The van der Waals surface area contributed by atoms with Crippen LogP contribution in [0.2, 0.25) is 0 Å². The van der Waals surface area contributed by atoms with Crippen LogP contribution in [0.25, 0.3) is 5.65 Å². The number of nitrogens with two attached hydrogens (primary N) is 1. The Balaban J connectivity index is 1.89. The molecule has 2 aromatic heterocycles. The van der Waals surface area contributed by atoms with Crippen molar-refractivity contribution in [2.75, 3.05) is 13.2 Å². The summed E-state index contributed by atoms with van der Waals surface area (Å²) in [7, 11) is 0. The van der Waals surface area contributed by atoms with E-state index in [4.69, 9.17) is 10.5 Å². The fourth-order valence-corrected chi connectivity index (χ4v) is 2.25. The second-order valence-corrected chi connectivity index (χ2v) is 4.52. The van der Waals surface area contributed by atoms with Gasteiger partial charge in [-0.3, -0.25) is 4.40 Å². The van der Waals surface area contributed by atoms with E-state index < -0.39 is 0 Å². The molecule has 1 unspecified atom stereocenters. The van der Waals surface area contributed by atoms with Crippen molar-refractivity contribution in [3.05, 3.63) is 29.7 Å². The number of rotatable bonds is 3. The van der Waals surface area contributed by atoms with E-state index in [9.17, 15) is 0 Å². The van der Waals surface area contributed by atoms with E-state index in [0.717, 1.165) is 43.1 Å². The van der Waals surface area contributed by atoms with Gasteiger partial charge in [0.25, 0.3) is 0 Å². The number of fused-ring (bicyclic) bond motifs is 1. The second-order valence-electron chi connectivity index (χ2n) is 4.52. The third kappa shape index (κ3) is 2.03. The molecule has 1 fully saturated rings. The summed E-state index contributed by atoms with van der Waals surface area (Å²) in [6.07, 6.45) is 4.06. The van der Waals surface area contributed by atoms with Gasteiger partial charge < -0.3 is 10.5 Å². The van der Waals surface area contributed by atoms with Crippen LogP contribution in [0.5, 0.6) is 0 Å². The topological polar surface area (TPSA) is 65.4 Å². The van der Waals surface area contributed by atoms with E-state index in [1.54, 1.807) is 0 Å². The minimum Gasteiger partial charge on any atom is -0.381 e. The first-order chi connectivity index (χ1) is 8.36. The van der Waals surface area contributed by atoms with Gasteiger partial charge in [0.15, 0.2) is 5.65 Å². The van der Waals surface area contributed by atoms with Crippen molar-refractivity contribution in [3.63, 3.8) is 0 Å². The van der Waals surface area contributed by atoms with Crippen molar-refractivity contribution in [3.8, 4) is 0 Å². The molecular weight excluding hydrogens is 216 g/mol. The Morgan fingerprint density at radius 1 is 1.47 bits per heavy atom. The average molecular weight is 232 g/mol. The molecule has 2 aromatic rings. The molecule has 17 heavy (non-hydrogen) atoms. The molecule has 0 bridgehead atoms. The van der Waals surface area contributed by atoms with Gasteiger partial charge in [-0.15, -0.1) is 10.2 Å². The molecular formula is C12H16N4O. The Morgan fingerprint density at radius 3 is 3.18 bits per heavy atom. The molecule has 2 N–H and O–H groups in total. The molecule has 0 saturated carbocycles. The maximum absolute atomic E-state index is 5.61. The molecule has 3 heterocycles. The zero-order valence-corrected chi connectivity index (χ0v) is 9.67. The zero-order valence-electron chi connectivity index (χ0n) is 9.67. The van der Waals surface area contributed by atoms with Gasteiger partial charge in [0.2, 0.25) is 0 Å². The first-order valence-electron chi connectivity index (χ1n) is 5.97. The van der Waals surface area contributed by atoms with E-state index in [1.807, 2.05) is 22.7 Å². The molecule has 0 aromatic carbocycles. The number of hydrogen-bond donors (Lipinski definition) is 1. The van der Waals surface area contributed by atoms with Crippen LogP contribution in [0.1, 0.15) is 17.8 Å². The van der Waals surface area contributed by atoms with E-state index in [-0.39, 0.29) is 0 Å². The Morgan fingerprint density at radius 2 is 2.41 bits per heavy atom. The molecule has 0 aliphatic carbocycles. The first-order valence-corrected chi connectivity index (χ1v) is 5.97. The molecule has 5 nitrogen and oxygen atoms in total. The van der Waals surface area contributed by atoms with E-state index in [2.05, 4.69) is 10.2 Å². The first kappa shape index (κ1) is 10.7. The third-order valence-electron chi connectivity index (χ3n) is 3.28. The normalized spacial score (nSPS) is 20.2. The van der Waals surface area contributed by atoms with Crippen LogP contribution in [-0.2, 0) is 17.7 Å². The van der Waals surface area contributed by atoms with Crippen LogP contribution < -0.4 is 5.73 Å². The Kier molecular flexibility index (Phi) is 2.78. The zero-order chi connectivity index (χ0) is 11.7. The fourth-order valence-electron chi connectivity index (χ4n) is 2.25. The SMILES string of the molecule is NCc1ccn2c(CC3CCOC3)nnc2c1. The second kappa shape index (κ2) is 4.43. The van der Waals surface area contributed by atoms with E-state index >= 15 is 0 Å². The molecule has 0 spiro atoms. The summed E-state index contributed by atoms with van der Waals surface area (Å²) in [5, 5.41) is 8.44. The summed E-state index contributed by atoms with van der Waals surface area (Å²) < 4.78 is 7.42. The molecule has 0 amide bonds. The lowest BCUT2D eigenvalue weighted by Gasteiger charge is -2.05. The Hall–Kier alpha value is -1.46. The van der Waals surface area contributed by atoms with Crippen LogP contribution >= 0.6 is 0 Å². The van der Waals surface area contributed by atoms with Gasteiger partial charge in [-0.25, -0.2) is 0 Å². The molecule has 1 aliphatic heterocycles. The van der Waals surface area contributed by atoms with Crippen molar-refractivity contribution in [1.29, 1.82) is 0 Å². The smallest absolute Gasteiger partial charge is 0.161 e. The van der Waals surface area contributed by atoms with Gasteiger partial charge in [-0.05, 0) is 30.0 Å². The quantitative estimate of drug-likeness (QED) is 0.848. The number of pyridine rings is 1. The number of hydrogen-bond acceptors (Lipinski definition) is 4. The maximum Gasteiger partial charge on any atom is 0.161 e. The van der Waals surface area contributed by atoms with Crippen LogP contribution in [0.15, 0.2) is 18.3 Å². The molecule has 3 rings (SSSR count). The van der Waals surface area contributed by atoms with Gasteiger partial charge in [-0.2, -0.15) is 0 Å². The Bertz CT molecular complexity index is 516. The minimum atomic E-state index is 0.537. The largest absolute Gasteiger partial charge is 0.381 e. The summed E-state index contributed by atoms with van der Waals surface area (Å²) in [6.45, 7) is 2.25. The van der Waals surface area contributed by atoms with Crippen molar-refractivity contribution >= 4 is 5.65 Å².